The third-order valence-electron chi connectivity index (χ3n) is 4.74. The van der Waals surface area contributed by atoms with Crippen LogP contribution >= 0.6 is 0 Å². The van der Waals surface area contributed by atoms with Gasteiger partial charge in [0.15, 0.2) is 0 Å². The van der Waals surface area contributed by atoms with Crippen LogP contribution in [-0.2, 0) is 14.8 Å². The van der Waals surface area contributed by atoms with Gasteiger partial charge in [0.1, 0.15) is 5.75 Å². The zero-order valence-corrected chi connectivity index (χ0v) is 16.4. The summed E-state index contributed by atoms with van der Waals surface area (Å²) in [4.78, 5) is 11.8. The van der Waals surface area contributed by atoms with Crippen LogP contribution in [0, 0.1) is 12.8 Å². The van der Waals surface area contributed by atoms with Crippen LogP contribution in [0.3, 0.4) is 0 Å². The van der Waals surface area contributed by atoms with Crippen molar-refractivity contribution in [3.05, 3.63) is 59.2 Å². The Bertz CT molecular complexity index is 933. The van der Waals surface area contributed by atoms with Gasteiger partial charge in [-0.25, -0.2) is 17.9 Å². The maximum Gasteiger partial charge on any atom is 0.337 e. The van der Waals surface area contributed by atoms with Crippen molar-refractivity contribution in [1.29, 1.82) is 0 Å². The molecule has 1 fully saturated rings. The maximum atomic E-state index is 13.0. The second-order valence-electron chi connectivity index (χ2n) is 6.68. The van der Waals surface area contributed by atoms with Crippen LogP contribution in [-0.4, -0.2) is 28.6 Å². The summed E-state index contributed by atoms with van der Waals surface area (Å²) in [7, 11) is -0.857. The molecule has 0 saturated heterocycles. The second-order valence-corrected chi connectivity index (χ2v) is 8.36. The fraction of sp³-hybridized carbons (Fsp3) is 0.350. The molecule has 144 valence electrons. The minimum absolute atomic E-state index is 0.161. The molecule has 27 heavy (non-hydrogen) atoms. The van der Waals surface area contributed by atoms with Crippen LogP contribution in [0.15, 0.2) is 47.4 Å². The topological polar surface area (TPSA) is 81.7 Å². The summed E-state index contributed by atoms with van der Waals surface area (Å²) in [5, 5.41) is 0. The van der Waals surface area contributed by atoms with Gasteiger partial charge in [0, 0.05) is 6.04 Å². The minimum Gasteiger partial charge on any atom is -0.497 e. The van der Waals surface area contributed by atoms with E-state index in [9.17, 15) is 13.2 Å². The van der Waals surface area contributed by atoms with E-state index >= 15 is 0 Å². The smallest absolute Gasteiger partial charge is 0.337 e. The van der Waals surface area contributed by atoms with Gasteiger partial charge in [0.05, 0.1) is 24.7 Å². The Morgan fingerprint density at radius 2 is 1.78 bits per heavy atom. The van der Waals surface area contributed by atoms with Gasteiger partial charge in [-0.15, -0.1) is 0 Å². The van der Waals surface area contributed by atoms with Gasteiger partial charge in [-0.1, -0.05) is 12.1 Å². The Kier molecular flexibility index (Phi) is 5.53. The molecule has 0 amide bonds. The fourth-order valence-electron chi connectivity index (χ4n) is 3.10. The lowest BCUT2D eigenvalue weighted by Crippen LogP contribution is -2.30. The van der Waals surface area contributed by atoms with Crippen LogP contribution in [0.2, 0.25) is 0 Å². The first-order valence-electron chi connectivity index (χ1n) is 8.71. The van der Waals surface area contributed by atoms with E-state index in [1.165, 1.54) is 25.3 Å². The van der Waals surface area contributed by atoms with Gasteiger partial charge < -0.3 is 9.47 Å². The van der Waals surface area contributed by atoms with Crippen molar-refractivity contribution in [3.63, 3.8) is 0 Å². The molecule has 6 nitrogen and oxygen atoms in total. The third kappa shape index (κ3) is 4.31. The number of carbonyl (C=O) groups is 1. The highest BCUT2D eigenvalue weighted by Crippen LogP contribution is 2.42. The lowest BCUT2D eigenvalue weighted by molar-refractivity contribution is 0.0600. The number of hydrogen-bond acceptors (Lipinski definition) is 5. The molecule has 0 radical (unpaired) electrons. The van der Waals surface area contributed by atoms with Crippen LogP contribution < -0.4 is 9.46 Å². The van der Waals surface area contributed by atoms with E-state index in [0.29, 0.717) is 11.1 Å². The Hall–Kier alpha value is -2.38. The molecular formula is C20H23NO5S. The first-order valence-corrected chi connectivity index (χ1v) is 10.2. The van der Waals surface area contributed by atoms with Gasteiger partial charge in [-0.05, 0) is 67.1 Å². The monoisotopic (exact) mass is 389 g/mol. The number of carbonyl (C=O) groups excluding carboxylic acids is 1. The molecule has 1 saturated carbocycles. The van der Waals surface area contributed by atoms with Crippen molar-refractivity contribution in [2.45, 2.75) is 30.7 Å². The highest BCUT2D eigenvalue weighted by molar-refractivity contribution is 7.89. The van der Waals surface area contributed by atoms with Crippen molar-refractivity contribution < 1.29 is 22.7 Å². The SMILES string of the molecule is COC(=O)c1ccc(S(=O)(=O)NC(c2ccc(OC)cc2)C2CC2)c(C)c1. The van der Waals surface area contributed by atoms with Gasteiger partial charge in [0.25, 0.3) is 0 Å². The standard InChI is InChI=1S/C20H23NO5S/c1-13-12-16(20(22)26-3)8-11-18(13)27(23,24)21-19(14-4-5-14)15-6-9-17(25-2)10-7-15/h6-12,14,19,21H,4-5H2,1-3H3. The number of sulfonamides is 1. The predicted molar refractivity (Wildman–Crippen MR) is 101 cm³/mol. The van der Waals surface area contributed by atoms with Crippen molar-refractivity contribution in [2.24, 2.45) is 5.92 Å². The lowest BCUT2D eigenvalue weighted by Gasteiger charge is -2.20. The number of nitrogens with one attached hydrogen (secondary N) is 1. The molecule has 1 aliphatic carbocycles. The molecule has 1 unspecified atom stereocenters. The first kappa shape index (κ1) is 19.4. The summed E-state index contributed by atoms with van der Waals surface area (Å²) in [5.74, 6) is 0.511. The summed E-state index contributed by atoms with van der Waals surface area (Å²) in [6.45, 7) is 1.67. The molecule has 7 heteroatoms. The molecule has 0 aliphatic heterocycles. The Labute approximate surface area is 159 Å². The number of rotatable bonds is 7. The van der Waals surface area contributed by atoms with Crippen LogP contribution in [0.1, 0.15) is 40.4 Å². The van der Waals surface area contributed by atoms with Crippen LogP contribution in [0.25, 0.3) is 0 Å². The Morgan fingerprint density at radius 1 is 1.11 bits per heavy atom. The van der Waals surface area contributed by atoms with E-state index in [2.05, 4.69) is 9.46 Å². The Balaban J connectivity index is 1.88. The van der Waals surface area contributed by atoms with E-state index in [1.807, 2.05) is 24.3 Å². The normalized spacial score (nSPS) is 15.2. The van der Waals surface area contributed by atoms with E-state index in [-0.39, 0.29) is 16.9 Å². The summed E-state index contributed by atoms with van der Waals surface area (Å²) >= 11 is 0. The van der Waals surface area contributed by atoms with E-state index in [0.717, 1.165) is 24.2 Å². The first-order chi connectivity index (χ1) is 12.9. The highest BCUT2D eigenvalue weighted by atomic mass is 32.2. The summed E-state index contributed by atoms with van der Waals surface area (Å²) in [6.07, 6.45) is 1.97. The number of ether oxygens (including phenoxy) is 2. The summed E-state index contributed by atoms with van der Waals surface area (Å²) in [5.41, 5.74) is 1.73. The molecule has 2 aromatic carbocycles. The van der Waals surface area contributed by atoms with Crippen LogP contribution in [0.4, 0.5) is 0 Å². The third-order valence-corrected chi connectivity index (χ3v) is 6.34. The van der Waals surface area contributed by atoms with Crippen LogP contribution in [0.5, 0.6) is 5.75 Å². The number of esters is 1. The highest BCUT2D eigenvalue weighted by Gasteiger charge is 2.35. The van der Waals surface area contributed by atoms with Crippen molar-refractivity contribution in [1.82, 2.24) is 4.72 Å². The van der Waals surface area contributed by atoms with Crippen molar-refractivity contribution in [2.75, 3.05) is 14.2 Å². The molecule has 1 atom stereocenters. The zero-order valence-electron chi connectivity index (χ0n) is 15.6. The molecule has 0 aromatic heterocycles. The molecule has 1 aliphatic rings. The fourth-order valence-corrected chi connectivity index (χ4v) is 4.62. The van der Waals surface area contributed by atoms with Crippen molar-refractivity contribution in [3.8, 4) is 5.75 Å². The number of hydrogen-bond donors (Lipinski definition) is 1. The van der Waals surface area contributed by atoms with E-state index < -0.39 is 16.0 Å². The van der Waals surface area contributed by atoms with E-state index in [1.54, 1.807) is 14.0 Å². The second kappa shape index (κ2) is 7.70. The molecule has 0 bridgehead atoms. The number of benzene rings is 2. The Morgan fingerprint density at radius 3 is 2.30 bits per heavy atom. The molecule has 0 spiro atoms. The molecular weight excluding hydrogens is 366 g/mol. The summed E-state index contributed by atoms with van der Waals surface area (Å²) in [6, 6.07) is 11.6. The minimum atomic E-state index is -3.74. The summed E-state index contributed by atoms with van der Waals surface area (Å²) < 4.78 is 38.7. The van der Waals surface area contributed by atoms with Crippen molar-refractivity contribution >= 4 is 16.0 Å². The van der Waals surface area contributed by atoms with Gasteiger partial charge in [0.2, 0.25) is 10.0 Å². The predicted octanol–water partition coefficient (Wildman–Crippen LogP) is 3.22. The van der Waals surface area contributed by atoms with Gasteiger partial charge >= 0.3 is 5.97 Å². The van der Waals surface area contributed by atoms with Gasteiger partial charge in [-0.2, -0.15) is 0 Å². The lowest BCUT2D eigenvalue weighted by atomic mass is 10.0. The number of methoxy groups -OCH3 is 2. The maximum absolute atomic E-state index is 13.0. The molecule has 0 heterocycles. The van der Waals surface area contributed by atoms with Gasteiger partial charge in [-0.3, -0.25) is 0 Å². The zero-order chi connectivity index (χ0) is 19.6. The molecule has 2 aromatic rings. The average Bonchev–Trinajstić information content (AvgIpc) is 3.50. The van der Waals surface area contributed by atoms with E-state index in [4.69, 9.17) is 4.74 Å². The molecule has 3 rings (SSSR count). The molecule has 1 N–H and O–H groups in total. The quantitative estimate of drug-likeness (QED) is 0.736. The average molecular weight is 389 g/mol. The largest absolute Gasteiger partial charge is 0.497 e. The number of aryl methyl sites for hydroxylation is 1.